The largest absolute Gasteiger partial charge is 0.268 e. The van der Waals surface area contributed by atoms with Crippen LogP contribution >= 0.6 is 11.8 Å². The second kappa shape index (κ2) is 8.83. The van der Waals surface area contributed by atoms with E-state index < -0.39 is 0 Å². The summed E-state index contributed by atoms with van der Waals surface area (Å²) in [5.41, 5.74) is 8.89. The molecule has 0 radical (unpaired) electrons. The molecular formula is C31H30N2OS. The summed E-state index contributed by atoms with van der Waals surface area (Å²) >= 11 is 1.65. The van der Waals surface area contributed by atoms with E-state index in [9.17, 15) is 4.79 Å². The van der Waals surface area contributed by atoms with Crippen LogP contribution in [0.4, 0.5) is 0 Å². The average Bonchev–Trinajstić information content (AvgIpc) is 3.32. The van der Waals surface area contributed by atoms with Gasteiger partial charge in [0.05, 0.1) is 16.9 Å². The molecule has 0 saturated heterocycles. The highest BCUT2D eigenvalue weighted by atomic mass is 32.2. The first kappa shape index (κ1) is 22.4. The summed E-state index contributed by atoms with van der Waals surface area (Å²) in [6.07, 6.45) is 5.42. The first-order valence-electron chi connectivity index (χ1n) is 12.6. The van der Waals surface area contributed by atoms with E-state index in [4.69, 9.17) is 4.98 Å². The topological polar surface area (TPSA) is 34.9 Å². The summed E-state index contributed by atoms with van der Waals surface area (Å²) < 4.78 is 1.88. The Balaban J connectivity index is 1.56. The van der Waals surface area contributed by atoms with Crippen LogP contribution in [0.1, 0.15) is 53.5 Å². The lowest BCUT2D eigenvalue weighted by molar-refractivity contribution is 0.422. The molecule has 0 N–H and O–H groups in total. The Bertz CT molecular complexity index is 1450. The number of aryl methyl sites for hydroxylation is 2. The fourth-order valence-electron chi connectivity index (χ4n) is 5.86. The molecule has 2 aliphatic rings. The first-order chi connectivity index (χ1) is 17.0. The molecule has 1 saturated carbocycles. The maximum absolute atomic E-state index is 14.5. The van der Waals surface area contributed by atoms with E-state index in [0.717, 1.165) is 52.7 Å². The SMILES string of the molecule is Cc1ccc(CSc2nc3c(c(=O)n2-c2ccc(C)cc2)C2(CCCC2)Cc2ccccc2-3)cc1. The van der Waals surface area contributed by atoms with Gasteiger partial charge in [-0.3, -0.25) is 9.36 Å². The van der Waals surface area contributed by atoms with Gasteiger partial charge >= 0.3 is 0 Å². The van der Waals surface area contributed by atoms with Gasteiger partial charge in [0.1, 0.15) is 0 Å². The third kappa shape index (κ3) is 3.94. The second-order valence-electron chi connectivity index (χ2n) is 10.2. The van der Waals surface area contributed by atoms with Crippen molar-refractivity contribution >= 4 is 11.8 Å². The molecule has 0 amide bonds. The Morgan fingerprint density at radius 3 is 2.26 bits per heavy atom. The molecule has 3 aromatic carbocycles. The van der Waals surface area contributed by atoms with E-state index in [1.54, 1.807) is 11.8 Å². The average molecular weight is 479 g/mol. The summed E-state index contributed by atoms with van der Waals surface area (Å²) in [5, 5.41) is 0.767. The van der Waals surface area contributed by atoms with Crippen LogP contribution in [0.2, 0.25) is 0 Å². The van der Waals surface area contributed by atoms with Crippen LogP contribution in [-0.2, 0) is 17.6 Å². The Hall–Kier alpha value is -3.11. The van der Waals surface area contributed by atoms with Crippen molar-refractivity contribution in [2.24, 2.45) is 0 Å². The summed E-state index contributed by atoms with van der Waals surface area (Å²) in [6.45, 7) is 4.18. The molecule has 1 aromatic heterocycles. The van der Waals surface area contributed by atoms with Gasteiger partial charge in [-0.05, 0) is 56.4 Å². The minimum atomic E-state index is -0.0969. The first-order valence-corrected chi connectivity index (χ1v) is 13.5. The minimum absolute atomic E-state index is 0.0969. The molecule has 1 heterocycles. The number of aromatic nitrogens is 2. The zero-order chi connectivity index (χ0) is 24.0. The fourth-order valence-corrected chi connectivity index (χ4v) is 6.82. The summed E-state index contributed by atoms with van der Waals surface area (Å²) in [6, 6.07) is 25.4. The van der Waals surface area contributed by atoms with Gasteiger partial charge in [-0.15, -0.1) is 0 Å². The number of nitrogens with zero attached hydrogens (tertiary/aromatic N) is 2. The van der Waals surface area contributed by atoms with Crippen molar-refractivity contribution in [3.05, 3.63) is 111 Å². The Labute approximate surface area is 211 Å². The van der Waals surface area contributed by atoms with Gasteiger partial charge in [-0.1, -0.05) is 96.4 Å². The van der Waals surface area contributed by atoms with Crippen LogP contribution in [0.5, 0.6) is 0 Å². The predicted molar refractivity (Wildman–Crippen MR) is 145 cm³/mol. The van der Waals surface area contributed by atoms with Gasteiger partial charge in [0.25, 0.3) is 5.56 Å². The molecule has 6 rings (SSSR count). The van der Waals surface area contributed by atoms with Gasteiger partial charge in [0.15, 0.2) is 5.16 Å². The lowest BCUT2D eigenvalue weighted by Gasteiger charge is -2.36. The number of hydrogen-bond acceptors (Lipinski definition) is 3. The number of thioether (sulfide) groups is 1. The lowest BCUT2D eigenvalue weighted by Crippen LogP contribution is -2.40. The van der Waals surface area contributed by atoms with E-state index in [0.29, 0.717) is 0 Å². The molecule has 0 bridgehead atoms. The van der Waals surface area contributed by atoms with Crippen molar-refractivity contribution in [2.45, 2.75) is 62.3 Å². The van der Waals surface area contributed by atoms with E-state index in [1.165, 1.54) is 35.1 Å². The Morgan fingerprint density at radius 2 is 1.54 bits per heavy atom. The molecule has 0 aliphatic heterocycles. The van der Waals surface area contributed by atoms with E-state index >= 15 is 0 Å². The van der Waals surface area contributed by atoms with E-state index in [2.05, 4.69) is 86.6 Å². The van der Waals surface area contributed by atoms with Crippen LogP contribution in [0, 0.1) is 13.8 Å². The van der Waals surface area contributed by atoms with Gasteiger partial charge in [0.2, 0.25) is 0 Å². The highest BCUT2D eigenvalue weighted by Gasteiger charge is 2.44. The molecular weight excluding hydrogens is 448 g/mol. The van der Waals surface area contributed by atoms with Crippen molar-refractivity contribution in [1.82, 2.24) is 9.55 Å². The molecule has 4 heteroatoms. The molecule has 4 aromatic rings. The number of hydrogen-bond donors (Lipinski definition) is 0. The molecule has 0 atom stereocenters. The third-order valence-electron chi connectivity index (χ3n) is 7.73. The quantitative estimate of drug-likeness (QED) is 0.230. The summed E-state index contributed by atoms with van der Waals surface area (Å²) in [4.78, 5) is 19.7. The Kier molecular flexibility index (Phi) is 5.64. The van der Waals surface area contributed by atoms with Crippen molar-refractivity contribution in [1.29, 1.82) is 0 Å². The normalized spacial score (nSPS) is 15.7. The van der Waals surface area contributed by atoms with Crippen molar-refractivity contribution in [3.63, 3.8) is 0 Å². The maximum atomic E-state index is 14.5. The Morgan fingerprint density at radius 1 is 0.886 bits per heavy atom. The molecule has 2 aliphatic carbocycles. The van der Waals surface area contributed by atoms with E-state index in [1.807, 2.05) is 4.57 Å². The zero-order valence-electron chi connectivity index (χ0n) is 20.4. The minimum Gasteiger partial charge on any atom is -0.268 e. The van der Waals surface area contributed by atoms with Crippen molar-refractivity contribution in [3.8, 4) is 16.9 Å². The molecule has 1 fully saturated rings. The van der Waals surface area contributed by atoms with Gasteiger partial charge in [-0.2, -0.15) is 0 Å². The lowest BCUT2D eigenvalue weighted by atomic mass is 9.68. The van der Waals surface area contributed by atoms with Gasteiger partial charge < -0.3 is 0 Å². The molecule has 176 valence electrons. The van der Waals surface area contributed by atoms with Crippen LogP contribution in [0.3, 0.4) is 0 Å². The van der Waals surface area contributed by atoms with E-state index in [-0.39, 0.29) is 11.0 Å². The van der Waals surface area contributed by atoms with Crippen LogP contribution in [0.15, 0.2) is 82.7 Å². The van der Waals surface area contributed by atoms with Gasteiger partial charge in [0, 0.05) is 16.7 Å². The van der Waals surface area contributed by atoms with Crippen LogP contribution in [-0.4, -0.2) is 9.55 Å². The fraction of sp³-hybridized carbons (Fsp3) is 0.290. The van der Waals surface area contributed by atoms with Crippen LogP contribution in [0.25, 0.3) is 16.9 Å². The molecule has 0 unspecified atom stereocenters. The highest BCUT2D eigenvalue weighted by molar-refractivity contribution is 7.98. The summed E-state index contributed by atoms with van der Waals surface area (Å²) in [5.74, 6) is 0.768. The van der Waals surface area contributed by atoms with Crippen molar-refractivity contribution < 1.29 is 0 Å². The second-order valence-corrected chi connectivity index (χ2v) is 11.1. The third-order valence-corrected chi connectivity index (χ3v) is 8.74. The molecule has 35 heavy (non-hydrogen) atoms. The predicted octanol–water partition coefficient (Wildman–Crippen LogP) is 7.18. The van der Waals surface area contributed by atoms with Gasteiger partial charge in [-0.25, -0.2) is 4.98 Å². The highest BCUT2D eigenvalue weighted by Crippen LogP contribution is 2.50. The number of fused-ring (bicyclic) bond motifs is 4. The summed E-state index contributed by atoms with van der Waals surface area (Å²) in [7, 11) is 0. The maximum Gasteiger partial charge on any atom is 0.263 e. The van der Waals surface area contributed by atoms with Crippen molar-refractivity contribution in [2.75, 3.05) is 0 Å². The van der Waals surface area contributed by atoms with Crippen LogP contribution < -0.4 is 5.56 Å². The standard InChI is InChI=1S/C31H30N2OS/c1-21-9-13-23(14-10-21)20-35-30-32-28-26-8-4-3-7-24(26)19-31(17-5-6-18-31)27(28)29(34)33(30)25-15-11-22(2)12-16-25/h3-4,7-16H,5-6,17-20H2,1-2H3. The molecule has 3 nitrogen and oxygen atoms in total. The monoisotopic (exact) mass is 478 g/mol. The number of rotatable bonds is 4. The smallest absolute Gasteiger partial charge is 0.263 e. The zero-order valence-corrected chi connectivity index (χ0v) is 21.2. The molecule has 1 spiro atoms. The number of benzene rings is 3.